The van der Waals surface area contributed by atoms with Gasteiger partial charge >= 0.3 is 0 Å². The maximum Gasteiger partial charge on any atom is 0.270 e. The van der Waals surface area contributed by atoms with Crippen LogP contribution in [0.5, 0.6) is 5.75 Å². The zero-order valence-corrected chi connectivity index (χ0v) is 11.4. The van der Waals surface area contributed by atoms with E-state index in [4.69, 9.17) is 4.74 Å². The molecule has 0 unspecified atom stereocenters. The van der Waals surface area contributed by atoms with Crippen LogP contribution in [-0.4, -0.2) is 37.1 Å². The number of non-ortho nitro benzene ring substituents is 1. The number of aliphatic hydroxyl groups is 1. The topological polar surface area (TPSA) is 107 Å². The average molecular weight is 289 g/mol. The number of rotatable bonds is 6. The van der Waals surface area contributed by atoms with E-state index >= 15 is 0 Å². The first-order valence-corrected chi connectivity index (χ1v) is 7.53. The quantitative estimate of drug-likeness (QED) is 0.620. The van der Waals surface area contributed by atoms with Crippen LogP contribution in [0.15, 0.2) is 18.2 Å². The maximum atomic E-state index is 11.0. The van der Waals surface area contributed by atoms with Gasteiger partial charge in [0.25, 0.3) is 5.69 Å². The Kier molecular flexibility index (Phi) is 4.84. The molecule has 0 bridgehead atoms. The van der Waals surface area contributed by atoms with E-state index in [1.54, 1.807) is 0 Å². The van der Waals surface area contributed by atoms with E-state index in [1.165, 1.54) is 25.1 Å². The van der Waals surface area contributed by atoms with E-state index in [0.717, 1.165) is 6.26 Å². The molecule has 0 aromatic heterocycles. The van der Waals surface area contributed by atoms with E-state index in [2.05, 4.69) is 0 Å². The van der Waals surface area contributed by atoms with E-state index < -0.39 is 20.9 Å². The lowest BCUT2D eigenvalue weighted by Gasteiger charge is -2.12. The van der Waals surface area contributed by atoms with Crippen LogP contribution < -0.4 is 4.74 Å². The molecule has 8 heteroatoms. The lowest BCUT2D eigenvalue weighted by Crippen LogP contribution is -2.13. The van der Waals surface area contributed by atoms with E-state index in [0.29, 0.717) is 0 Å². The van der Waals surface area contributed by atoms with Gasteiger partial charge in [-0.3, -0.25) is 10.1 Å². The summed E-state index contributed by atoms with van der Waals surface area (Å²) in [7, 11) is -3.14. The van der Waals surface area contributed by atoms with Gasteiger partial charge in [0, 0.05) is 24.0 Å². The van der Waals surface area contributed by atoms with Gasteiger partial charge in [-0.05, 0) is 13.0 Å². The Morgan fingerprint density at radius 2 is 2.11 bits per heavy atom. The summed E-state index contributed by atoms with van der Waals surface area (Å²) in [6.45, 7) is 1.37. The molecule has 1 atom stereocenters. The highest BCUT2D eigenvalue weighted by molar-refractivity contribution is 7.90. The first-order valence-electron chi connectivity index (χ1n) is 5.47. The fraction of sp³-hybridized carbons (Fsp3) is 0.455. The third kappa shape index (κ3) is 4.84. The normalized spacial score (nSPS) is 13.0. The van der Waals surface area contributed by atoms with Crippen molar-refractivity contribution in [3.8, 4) is 5.75 Å². The molecule has 0 saturated heterocycles. The summed E-state index contributed by atoms with van der Waals surface area (Å²) >= 11 is 0. The second-order valence-corrected chi connectivity index (χ2v) is 6.39. The monoisotopic (exact) mass is 289 g/mol. The van der Waals surface area contributed by atoms with Crippen LogP contribution >= 0.6 is 0 Å². The lowest BCUT2D eigenvalue weighted by molar-refractivity contribution is -0.385. The highest BCUT2D eigenvalue weighted by atomic mass is 32.2. The first-order chi connectivity index (χ1) is 8.70. The molecular weight excluding hydrogens is 274 g/mol. The van der Waals surface area contributed by atoms with Gasteiger partial charge in [0.2, 0.25) is 0 Å². The Bertz CT molecular complexity index is 567. The minimum absolute atomic E-state index is 0.0731. The molecule has 0 aliphatic heterocycles. The number of hydrogen-bond acceptors (Lipinski definition) is 6. The molecule has 0 radical (unpaired) electrons. The van der Waals surface area contributed by atoms with Gasteiger partial charge < -0.3 is 9.84 Å². The Morgan fingerprint density at radius 3 is 2.58 bits per heavy atom. The lowest BCUT2D eigenvalue weighted by atomic mass is 10.1. The summed E-state index contributed by atoms with van der Waals surface area (Å²) < 4.78 is 27.2. The van der Waals surface area contributed by atoms with Gasteiger partial charge in [-0.25, -0.2) is 8.42 Å². The molecule has 0 amide bonds. The predicted molar refractivity (Wildman–Crippen MR) is 68.9 cm³/mol. The highest BCUT2D eigenvalue weighted by Crippen LogP contribution is 2.29. The highest BCUT2D eigenvalue weighted by Gasteiger charge is 2.15. The number of hydrogen-bond donors (Lipinski definition) is 1. The van der Waals surface area contributed by atoms with Crippen LogP contribution in [0.1, 0.15) is 18.6 Å². The van der Waals surface area contributed by atoms with E-state index in [-0.39, 0.29) is 29.4 Å². The molecule has 106 valence electrons. The molecule has 7 nitrogen and oxygen atoms in total. The minimum Gasteiger partial charge on any atom is -0.492 e. The number of ether oxygens (including phenoxy) is 1. The van der Waals surface area contributed by atoms with Crippen molar-refractivity contribution in [2.24, 2.45) is 0 Å². The fourth-order valence-electron chi connectivity index (χ4n) is 1.41. The standard InChI is InChI=1S/C11H15NO6S/c1-8(13)10-7-9(12(14)15)3-4-11(10)18-5-6-19(2,16)17/h3-4,7-8,13H,5-6H2,1-2H3/t8-/m0/s1. The summed E-state index contributed by atoms with van der Waals surface area (Å²) in [5, 5.41) is 20.2. The molecule has 1 rings (SSSR count). The van der Waals surface area contributed by atoms with Crippen LogP contribution in [0, 0.1) is 10.1 Å². The molecule has 0 fully saturated rings. The molecule has 1 aromatic carbocycles. The average Bonchev–Trinajstić information content (AvgIpc) is 2.27. The van der Waals surface area contributed by atoms with Crippen LogP contribution in [0.2, 0.25) is 0 Å². The summed E-state index contributed by atoms with van der Waals surface area (Å²) in [5.41, 5.74) is 0.0917. The second kappa shape index (κ2) is 5.98. The number of nitrogens with zero attached hydrogens (tertiary/aromatic N) is 1. The number of benzene rings is 1. The molecule has 0 aliphatic rings. The van der Waals surface area contributed by atoms with E-state index in [1.807, 2.05) is 0 Å². The Hall–Kier alpha value is -1.67. The molecule has 19 heavy (non-hydrogen) atoms. The zero-order chi connectivity index (χ0) is 14.6. The fourth-order valence-corrected chi connectivity index (χ4v) is 1.80. The number of nitro groups is 1. The Labute approximate surface area is 110 Å². The molecule has 0 spiro atoms. The molecule has 1 aromatic rings. The largest absolute Gasteiger partial charge is 0.492 e. The van der Waals surface area contributed by atoms with Gasteiger partial charge in [-0.15, -0.1) is 0 Å². The van der Waals surface area contributed by atoms with Crippen molar-refractivity contribution >= 4 is 15.5 Å². The van der Waals surface area contributed by atoms with Gasteiger partial charge in [-0.1, -0.05) is 0 Å². The van der Waals surface area contributed by atoms with E-state index in [9.17, 15) is 23.6 Å². The van der Waals surface area contributed by atoms with Crippen LogP contribution in [-0.2, 0) is 9.84 Å². The SMILES string of the molecule is C[C@H](O)c1cc([N+](=O)[O-])ccc1OCCS(C)(=O)=O. The van der Waals surface area contributed by atoms with Gasteiger partial charge in [0.15, 0.2) is 9.84 Å². The third-order valence-electron chi connectivity index (χ3n) is 2.37. The number of aliphatic hydroxyl groups excluding tert-OH is 1. The zero-order valence-electron chi connectivity index (χ0n) is 10.6. The van der Waals surface area contributed by atoms with Crippen molar-refractivity contribution in [3.63, 3.8) is 0 Å². The molecule has 0 heterocycles. The van der Waals surface area contributed by atoms with Crippen molar-refractivity contribution in [2.75, 3.05) is 18.6 Å². The minimum atomic E-state index is -3.14. The second-order valence-electron chi connectivity index (χ2n) is 4.13. The third-order valence-corrected chi connectivity index (χ3v) is 3.27. The molecule has 1 N–H and O–H groups in total. The van der Waals surface area contributed by atoms with Gasteiger partial charge in [-0.2, -0.15) is 0 Å². The van der Waals surface area contributed by atoms with Gasteiger partial charge in [0.05, 0.1) is 16.8 Å². The Morgan fingerprint density at radius 1 is 1.47 bits per heavy atom. The summed E-state index contributed by atoms with van der Waals surface area (Å²) in [6.07, 6.45) is 0.134. The van der Waals surface area contributed by atoms with Crippen molar-refractivity contribution in [3.05, 3.63) is 33.9 Å². The first kappa shape index (κ1) is 15.4. The molecule has 0 saturated carbocycles. The summed E-state index contributed by atoms with van der Waals surface area (Å²) in [4.78, 5) is 10.1. The van der Waals surface area contributed by atoms with Gasteiger partial charge in [0.1, 0.15) is 12.4 Å². The maximum absolute atomic E-state index is 11.0. The van der Waals surface area contributed by atoms with Crippen LogP contribution in [0.25, 0.3) is 0 Å². The smallest absolute Gasteiger partial charge is 0.270 e. The van der Waals surface area contributed by atoms with Crippen LogP contribution in [0.4, 0.5) is 5.69 Å². The number of nitro benzene ring substituents is 1. The summed E-state index contributed by atoms with van der Waals surface area (Å²) in [6, 6.07) is 3.80. The predicted octanol–water partition coefficient (Wildman–Crippen LogP) is 1.07. The van der Waals surface area contributed by atoms with Crippen molar-refractivity contribution < 1.29 is 23.2 Å². The number of sulfone groups is 1. The van der Waals surface area contributed by atoms with Crippen molar-refractivity contribution in [2.45, 2.75) is 13.0 Å². The molecular formula is C11H15NO6S. The molecule has 0 aliphatic carbocycles. The van der Waals surface area contributed by atoms with Crippen molar-refractivity contribution in [1.29, 1.82) is 0 Å². The summed E-state index contributed by atoms with van der Waals surface area (Å²) in [5.74, 6) is 0.0766. The van der Waals surface area contributed by atoms with Crippen molar-refractivity contribution in [1.82, 2.24) is 0 Å². The van der Waals surface area contributed by atoms with Crippen LogP contribution in [0.3, 0.4) is 0 Å². The Balaban J connectivity index is 2.91.